The largest absolute Gasteiger partial charge is 0.353 e. The fourth-order valence-electron chi connectivity index (χ4n) is 3.62. The zero-order chi connectivity index (χ0) is 25.2. The number of hydrogen-bond donors (Lipinski definition) is 1. The third kappa shape index (κ3) is 5.08. The molecule has 0 atom stereocenters. The second-order valence-electron chi connectivity index (χ2n) is 7.64. The van der Waals surface area contributed by atoms with Gasteiger partial charge in [-0.2, -0.15) is 0 Å². The van der Waals surface area contributed by atoms with Crippen LogP contribution in [0.1, 0.15) is 5.56 Å². The molecule has 3 aromatic rings. The van der Waals surface area contributed by atoms with Gasteiger partial charge in [0.25, 0.3) is 21.4 Å². The van der Waals surface area contributed by atoms with E-state index in [2.05, 4.69) is 24.6 Å². The van der Waals surface area contributed by atoms with Crippen molar-refractivity contribution in [3.63, 3.8) is 0 Å². The third-order valence-corrected chi connectivity index (χ3v) is 6.82. The number of aromatic nitrogens is 3. The lowest BCUT2D eigenvalue weighted by atomic mass is 10.1. The monoisotopic (exact) mass is 500 g/mol. The van der Waals surface area contributed by atoms with E-state index in [1.54, 1.807) is 6.20 Å². The quantitative estimate of drug-likeness (QED) is 0.371. The molecule has 15 heteroatoms. The summed E-state index contributed by atoms with van der Waals surface area (Å²) in [6.07, 6.45) is 4.27. The lowest BCUT2D eigenvalue weighted by molar-refractivity contribution is -0.395. The lowest BCUT2D eigenvalue weighted by Gasteiger charge is -2.35. The molecule has 1 aliphatic heterocycles. The van der Waals surface area contributed by atoms with Crippen molar-refractivity contribution in [3.05, 3.63) is 74.7 Å². The number of sulfonamides is 1. The molecule has 1 saturated heterocycles. The summed E-state index contributed by atoms with van der Waals surface area (Å²) in [5, 5.41) is 22.5. The Kier molecular flexibility index (Phi) is 6.42. The maximum absolute atomic E-state index is 12.8. The topological polar surface area (TPSA) is 178 Å². The first-order valence-electron chi connectivity index (χ1n) is 10.3. The van der Waals surface area contributed by atoms with Crippen LogP contribution in [-0.4, -0.2) is 59.4 Å². The van der Waals surface area contributed by atoms with Gasteiger partial charge in [-0.15, -0.1) is 0 Å². The highest BCUT2D eigenvalue weighted by molar-refractivity contribution is 7.92. The molecule has 0 spiro atoms. The standard InChI is InChI=1S/C20H20N8O6S/c1-14-17(27(29)30)10-16(11-18(14)28(31)32)35(33,34)24-15-12-22-20(23-13-15)26-8-6-25(7-9-26)19-4-2-3-5-21-19/h2-5,10-13,24H,6-9H2,1H3. The summed E-state index contributed by atoms with van der Waals surface area (Å²) in [7, 11) is -4.38. The molecule has 2 aromatic heterocycles. The number of nitro groups is 2. The second-order valence-corrected chi connectivity index (χ2v) is 9.32. The molecule has 1 N–H and O–H groups in total. The van der Waals surface area contributed by atoms with Crippen molar-refractivity contribution >= 4 is 38.9 Å². The Balaban J connectivity index is 1.48. The first-order valence-corrected chi connectivity index (χ1v) is 11.8. The van der Waals surface area contributed by atoms with Crippen molar-refractivity contribution < 1.29 is 18.3 Å². The number of nitrogens with one attached hydrogen (secondary N) is 1. The van der Waals surface area contributed by atoms with Gasteiger partial charge in [-0.1, -0.05) is 6.07 Å². The predicted octanol–water partition coefficient (Wildman–Crippen LogP) is 2.12. The van der Waals surface area contributed by atoms with Crippen LogP contribution in [0, 0.1) is 27.2 Å². The Labute approximate surface area is 199 Å². The Bertz CT molecular complexity index is 1330. The van der Waals surface area contributed by atoms with Crippen LogP contribution in [0.2, 0.25) is 0 Å². The molecular formula is C20H20N8O6S. The van der Waals surface area contributed by atoms with Crippen molar-refractivity contribution in [2.24, 2.45) is 0 Å². The molecule has 35 heavy (non-hydrogen) atoms. The Morgan fingerprint density at radius 1 is 0.914 bits per heavy atom. The molecule has 0 amide bonds. The van der Waals surface area contributed by atoms with Crippen LogP contribution in [0.5, 0.6) is 0 Å². The number of hydrogen-bond acceptors (Lipinski definition) is 11. The van der Waals surface area contributed by atoms with Crippen molar-refractivity contribution in [3.8, 4) is 0 Å². The van der Waals surface area contributed by atoms with Crippen LogP contribution >= 0.6 is 0 Å². The first kappa shape index (κ1) is 23.7. The van der Waals surface area contributed by atoms with Crippen LogP contribution in [-0.2, 0) is 10.0 Å². The van der Waals surface area contributed by atoms with Crippen LogP contribution < -0.4 is 14.5 Å². The van der Waals surface area contributed by atoms with Gasteiger partial charge in [0.15, 0.2) is 0 Å². The average molecular weight is 500 g/mol. The molecule has 0 aliphatic carbocycles. The van der Waals surface area contributed by atoms with Gasteiger partial charge in [-0.25, -0.2) is 23.4 Å². The van der Waals surface area contributed by atoms with Gasteiger partial charge < -0.3 is 9.80 Å². The SMILES string of the molecule is Cc1c([N+](=O)[O-])cc(S(=O)(=O)Nc2cnc(N3CCN(c4ccccn4)CC3)nc2)cc1[N+](=O)[O-]. The summed E-state index contributed by atoms with van der Waals surface area (Å²) in [6.45, 7) is 3.87. The van der Waals surface area contributed by atoms with E-state index in [4.69, 9.17) is 0 Å². The van der Waals surface area contributed by atoms with Gasteiger partial charge in [0.1, 0.15) is 16.3 Å². The van der Waals surface area contributed by atoms with Gasteiger partial charge in [0.05, 0.1) is 27.9 Å². The highest BCUT2D eigenvalue weighted by atomic mass is 32.2. The van der Waals surface area contributed by atoms with Crippen molar-refractivity contribution in [2.75, 3.05) is 40.7 Å². The molecule has 1 fully saturated rings. The summed E-state index contributed by atoms with van der Waals surface area (Å²) >= 11 is 0. The minimum atomic E-state index is -4.38. The summed E-state index contributed by atoms with van der Waals surface area (Å²) in [4.78, 5) is 37.0. The minimum absolute atomic E-state index is 0.00625. The van der Waals surface area contributed by atoms with E-state index in [0.717, 1.165) is 18.0 Å². The number of anilines is 3. The maximum Gasteiger partial charge on any atom is 0.280 e. The van der Waals surface area contributed by atoms with Gasteiger partial charge in [-0.3, -0.25) is 25.0 Å². The fraction of sp³-hybridized carbons (Fsp3) is 0.250. The number of rotatable bonds is 7. The van der Waals surface area contributed by atoms with Gasteiger partial charge in [-0.05, 0) is 19.1 Å². The number of nitrogens with zero attached hydrogens (tertiary/aromatic N) is 7. The van der Waals surface area contributed by atoms with Gasteiger partial charge >= 0.3 is 0 Å². The van der Waals surface area contributed by atoms with Crippen molar-refractivity contribution in [1.82, 2.24) is 15.0 Å². The highest BCUT2D eigenvalue weighted by Gasteiger charge is 2.28. The highest BCUT2D eigenvalue weighted by Crippen LogP contribution is 2.32. The Morgan fingerprint density at radius 2 is 1.49 bits per heavy atom. The van der Waals surface area contributed by atoms with Crippen molar-refractivity contribution in [1.29, 1.82) is 0 Å². The first-order chi connectivity index (χ1) is 16.7. The Hall–Kier alpha value is -4.40. The molecular weight excluding hydrogens is 480 g/mol. The zero-order valence-corrected chi connectivity index (χ0v) is 19.3. The molecule has 182 valence electrons. The number of pyridine rings is 1. The zero-order valence-electron chi connectivity index (χ0n) is 18.4. The molecule has 3 heterocycles. The summed E-state index contributed by atoms with van der Waals surface area (Å²) in [6, 6.07) is 7.27. The fourth-order valence-corrected chi connectivity index (χ4v) is 4.69. The molecule has 14 nitrogen and oxygen atoms in total. The summed E-state index contributed by atoms with van der Waals surface area (Å²) in [5.41, 5.74) is -1.58. The molecule has 0 radical (unpaired) electrons. The smallest absolute Gasteiger partial charge is 0.280 e. The molecule has 1 aromatic carbocycles. The van der Waals surface area contributed by atoms with E-state index >= 15 is 0 Å². The minimum Gasteiger partial charge on any atom is -0.353 e. The molecule has 1 aliphatic rings. The summed E-state index contributed by atoms with van der Waals surface area (Å²) < 4.78 is 27.8. The molecule has 0 saturated carbocycles. The van der Waals surface area contributed by atoms with Crippen LogP contribution in [0.4, 0.5) is 28.8 Å². The third-order valence-electron chi connectivity index (χ3n) is 5.46. The van der Waals surface area contributed by atoms with E-state index < -0.39 is 36.1 Å². The van der Waals surface area contributed by atoms with E-state index in [9.17, 15) is 28.6 Å². The van der Waals surface area contributed by atoms with Crippen LogP contribution in [0.25, 0.3) is 0 Å². The molecule has 4 rings (SSSR count). The van der Waals surface area contributed by atoms with E-state index in [1.165, 1.54) is 19.3 Å². The van der Waals surface area contributed by atoms with E-state index in [1.807, 2.05) is 23.1 Å². The number of nitro benzene ring substituents is 2. The average Bonchev–Trinajstić information content (AvgIpc) is 2.84. The number of benzene rings is 1. The van der Waals surface area contributed by atoms with Gasteiger partial charge in [0, 0.05) is 44.5 Å². The normalized spacial score (nSPS) is 14.0. The van der Waals surface area contributed by atoms with E-state index in [-0.39, 0.29) is 11.3 Å². The second kappa shape index (κ2) is 9.46. The van der Waals surface area contributed by atoms with Crippen molar-refractivity contribution in [2.45, 2.75) is 11.8 Å². The maximum atomic E-state index is 12.8. The molecule has 0 unspecified atom stereocenters. The lowest BCUT2D eigenvalue weighted by Crippen LogP contribution is -2.47. The number of piperazine rings is 1. The van der Waals surface area contributed by atoms with E-state index in [0.29, 0.717) is 32.1 Å². The predicted molar refractivity (Wildman–Crippen MR) is 126 cm³/mol. The molecule has 0 bridgehead atoms. The van der Waals surface area contributed by atoms with Crippen LogP contribution in [0.15, 0.2) is 53.8 Å². The summed E-state index contributed by atoms with van der Waals surface area (Å²) in [5.74, 6) is 1.30. The van der Waals surface area contributed by atoms with Gasteiger partial charge in [0.2, 0.25) is 5.95 Å². The van der Waals surface area contributed by atoms with Crippen LogP contribution in [0.3, 0.4) is 0 Å². The Morgan fingerprint density at radius 3 is 2.00 bits per heavy atom.